The highest BCUT2D eigenvalue weighted by atomic mass is 16.3. The van der Waals surface area contributed by atoms with E-state index in [4.69, 9.17) is 0 Å². The Morgan fingerprint density at radius 1 is 1.44 bits per heavy atom. The molecular weight excluding hydrogens is 204 g/mol. The zero-order valence-electron chi connectivity index (χ0n) is 10.5. The van der Waals surface area contributed by atoms with Gasteiger partial charge in [-0.05, 0) is 39.3 Å². The van der Waals surface area contributed by atoms with Gasteiger partial charge in [0.15, 0.2) is 0 Å². The standard InChI is InChI=1S/C12H24N2O2/c1-3-12(2,10-15)13-11(16)6-9-14-7-4-5-8-14/h15H,3-10H2,1-2H3,(H,13,16). The third-order valence-electron chi connectivity index (χ3n) is 3.42. The Kier molecular flexibility index (Phi) is 5.22. The maximum absolute atomic E-state index is 11.7. The van der Waals surface area contributed by atoms with Crippen molar-refractivity contribution in [1.82, 2.24) is 10.2 Å². The fourth-order valence-corrected chi connectivity index (χ4v) is 1.90. The zero-order valence-corrected chi connectivity index (χ0v) is 10.5. The molecule has 1 fully saturated rings. The number of hydrogen-bond acceptors (Lipinski definition) is 3. The summed E-state index contributed by atoms with van der Waals surface area (Å²) in [5.74, 6) is 0.0466. The maximum atomic E-state index is 11.7. The fraction of sp³-hybridized carbons (Fsp3) is 0.917. The summed E-state index contributed by atoms with van der Waals surface area (Å²) in [6.45, 7) is 6.93. The summed E-state index contributed by atoms with van der Waals surface area (Å²) >= 11 is 0. The van der Waals surface area contributed by atoms with E-state index in [2.05, 4.69) is 10.2 Å². The summed E-state index contributed by atoms with van der Waals surface area (Å²) < 4.78 is 0. The second-order valence-electron chi connectivity index (χ2n) is 4.92. The van der Waals surface area contributed by atoms with E-state index >= 15 is 0 Å². The minimum atomic E-state index is -0.456. The van der Waals surface area contributed by atoms with Crippen LogP contribution in [0, 0.1) is 0 Å². The molecule has 1 aliphatic rings. The number of aliphatic hydroxyl groups is 1. The van der Waals surface area contributed by atoms with E-state index in [1.165, 1.54) is 12.8 Å². The molecule has 0 aromatic rings. The van der Waals surface area contributed by atoms with Gasteiger partial charge in [0.1, 0.15) is 0 Å². The lowest BCUT2D eigenvalue weighted by Crippen LogP contribution is -2.49. The number of carbonyl (C=O) groups excluding carboxylic acids is 1. The fourth-order valence-electron chi connectivity index (χ4n) is 1.90. The van der Waals surface area contributed by atoms with Crippen LogP contribution in [0.5, 0.6) is 0 Å². The quantitative estimate of drug-likeness (QED) is 0.705. The van der Waals surface area contributed by atoms with Crippen LogP contribution < -0.4 is 5.32 Å². The molecule has 0 aromatic carbocycles. The van der Waals surface area contributed by atoms with Crippen LogP contribution in [0.15, 0.2) is 0 Å². The molecule has 2 N–H and O–H groups in total. The van der Waals surface area contributed by atoms with Crippen LogP contribution in [0.1, 0.15) is 39.5 Å². The number of hydrogen-bond donors (Lipinski definition) is 2. The molecule has 0 aromatic heterocycles. The van der Waals surface area contributed by atoms with Gasteiger partial charge < -0.3 is 15.3 Å². The summed E-state index contributed by atoms with van der Waals surface area (Å²) in [4.78, 5) is 14.0. The Morgan fingerprint density at radius 3 is 2.56 bits per heavy atom. The average molecular weight is 228 g/mol. The number of likely N-dealkylation sites (tertiary alicyclic amines) is 1. The molecule has 1 saturated heterocycles. The number of carbonyl (C=O) groups is 1. The highest BCUT2D eigenvalue weighted by molar-refractivity contribution is 5.76. The average Bonchev–Trinajstić information content (AvgIpc) is 2.79. The molecule has 0 bridgehead atoms. The summed E-state index contributed by atoms with van der Waals surface area (Å²) in [7, 11) is 0. The van der Waals surface area contributed by atoms with Gasteiger partial charge in [0.2, 0.25) is 5.91 Å². The smallest absolute Gasteiger partial charge is 0.221 e. The Hall–Kier alpha value is -0.610. The Morgan fingerprint density at radius 2 is 2.06 bits per heavy atom. The zero-order chi connectivity index (χ0) is 12.0. The summed E-state index contributed by atoms with van der Waals surface area (Å²) in [5, 5.41) is 12.1. The van der Waals surface area contributed by atoms with Gasteiger partial charge in [0.05, 0.1) is 12.1 Å². The number of nitrogens with zero attached hydrogens (tertiary/aromatic N) is 1. The van der Waals surface area contributed by atoms with Crippen LogP contribution in [0.4, 0.5) is 0 Å². The molecule has 0 radical (unpaired) electrons. The molecule has 4 nitrogen and oxygen atoms in total. The molecule has 0 spiro atoms. The second kappa shape index (κ2) is 6.21. The molecule has 1 unspecified atom stereocenters. The molecule has 1 heterocycles. The van der Waals surface area contributed by atoms with Gasteiger partial charge in [0, 0.05) is 13.0 Å². The molecule has 1 amide bonds. The van der Waals surface area contributed by atoms with Gasteiger partial charge in [0.25, 0.3) is 0 Å². The normalized spacial score (nSPS) is 20.7. The van der Waals surface area contributed by atoms with E-state index in [1.54, 1.807) is 0 Å². The van der Waals surface area contributed by atoms with Crippen molar-refractivity contribution in [3.05, 3.63) is 0 Å². The van der Waals surface area contributed by atoms with Crippen LogP contribution in [0.3, 0.4) is 0 Å². The van der Waals surface area contributed by atoms with Crippen molar-refractivity contribution in [3.8, 4) is 0 Å². The van der Waals surface area contributed by atoms with E-state index in [0.717, 1.165) is 26.1 Å². The Labute approximate surface area is 98.0 Å². The molecule has 16 heavy (non-hydrogen) atoms. The van der Waals surface area contributed by atoms with Gasteiger partial charge in [-0.25, -0.2) is 0 Å². The lowest BCUT2D eigenvalue weighted by molar-refractivity contribution is -0.123. The summed E-state index contributed by atoms with van der Waals surface area (Å²) in [5.41, 5.74) is -0.456. The van der Waals surface area contributed by atoms with Gasteiger partial charge in [-0.1, -0.05) is 6.92 Å². The van der Waals surface area contributed by atoms with Crippen LogP contribution in [-0.4, -0.2) is 47.7 Å². The van der Waals surface area contributed by atoms with Crippen molar-refractivity contribution in [2.75, 3.05) is 26.2 Å². The predicted octanol–water partition coefficient (Wildman–Crippen LogP) is 0.749. The monoisotopic (exact) mass is 228 g/mol. The first-order valence-electron chi connectivity index (χ1n) is 6.24. The van der Waals surface area contributed by atoms with Crippen molar-refractivity contribution in [1.29, 1.82) is 0 Å². The third kappa shape index (κ3) is 4.10. The SMILES string of the molecule is CCC(C)(CO)NC(=O)CCN1CCCC1. The predicted molar refractivity (Wildman–Crippen MR) is 64.2 cm³/mol. The van der Waals surface area contributed by atoms with Gasteiger partial charge in [-0.15, -0.1) is 0 Å². The lowest BCUT2D eigenvalue weighted by Gasteiger charge is -2.27. The van der Waals surface area contributed by atoms with E-state index in [0.29, 0.717) is 6.42 Å². The van der Waals surface area contributed by atoms with Crippen LogP contribution in [0.2, 0.25) is 0 Å². The molecule has 0 saturated carbocycles. The number of nitrogens with one attached hydrogen (secondary N) is 1. The number of aliphatic hydroxyl groups excluding tert-OH is 1. The van der Waals surface area contributed by atoms with E-state index in [-0.39, 0.29) is 12.5 Å². The summed E-state index contributed by atoms with van der Waals surface area (Å²) in [6.07, 6.45) is 3.80. The van der Waals surface area contributed by atoms with Crippen LogP contribution in [0.25, 0.3) is 0 Å². The Bertz CT molecular complexity index is 221. The highest BCUT2D eigenvalue weighted by Crippen LogP contribution is 2.10. The van der Waals surface area contributed by atoms with E-state index in [1.807, 2.05) is 13.8 Å². The first-order valence-corrected chi connectivity index (χ1v) is 6.24. The molecule has 0 aliphatic carbocycles. The van der Waals surface area contributed by atoms with Gasteiger partial charge >= 0.3 is 0 Å². The lowest BCUT2D eigenvalue weighted by atomic mass is 10.00. The number of amides is 1. The first kappa shape index (κ1) is 13.5. The first-order chi connectivity index (χ1) is 7.59. The maximum Gasteiger partial charge on any atom is 0.221 e. The molecule has 1 aliphatic heterocycles. The largest absolute Gasteiger partial charge is 0.394 e. The molecule has 94 valence electrons. The Balaban J connectivity index is 2.24. The number of rotatable bonds is 6. The topological polar surface area (TPSA) is 52.6 Å². The van der Waals surface area contributed by atoms with Crippen molar-refractivity contribution in [2.45, 2.75) is 45.1 Å². The minimum absolute atomic E-state index is 0.00104. The van der Waals surface area contributed by atoms with Crippen molar-refractivity contribution < 1.29 is 9.90 Å². The van der Waals surface area contributed by atoms with Crippen LogP contribution in [-0.2, 0) is 4.79 Å². The molecular formula is C12H24N2O2. The van der Waals surface area contributed by atoms with Crippen molar-refractivity contribution in [3.63, 3.8) is 0 Å². The highest BCUT2D eigenvalue weighted by Gasteiger charge is 2.23. The van der Waals surface area contributed by atoms with E-state index < -0.39 is 5.54 Å². The molecule has 1 rings (SSSR count). The second-order valence-corrected chi connectivity index (χ2v) is 4.92. The van der Waals surface area contributed by atoms with Crippen molar-refractivity contribution in [2.24, 2.45) is 0 Å². The van der Waals surface area contributed by atoms with Gasteiger partial charge in [-0.2, -0.15) is 0 Å². The van der Waals surface area contributed by atoms with E-state index in [9.17, 15) is 9.90 Å². The molecule has 4 heteroatoms. The third-order valence-corrected chi connectivity index (χ3v) is 3.42. The van der Waals surface area contributed by atoms with Crippen LogP contribution >= 0.6 is 0 Å². The minimum Gasteiger partial charge on any atom is -0.394 e. The van der Waals surface area contributed by atoms with Gasteiger partial charge in [-0.3, -0.25) is 4.79 Å². The molecule has 1 atom stereocenters. The van der Waals surface area contributed by atoms with Crippen molar-refractivity contribution >= 4 is 5.91 Å². The summed E-state index contributed by atoms with van der Waals surface area (Å²) in [6, 6.07) is 0.